The molecule has 1 aromatic rings. The van der Waals surface area contributed by atoms with Gasteiger partial charge in [0, 0.05) is 13.0 Å². The number of unbranched alkanes of at least 4 members (excludes halogenated alkanes) is 2. The number of ether oxygens (including phenoxy) is 1. The summed E-state index contributed by atoms with van der Waals surface area (Å²) < 4.78 is 43.9. The van der Waals surface area contributed by atoms with E-state index in [2.05, 4.69) is 5.32 Å². The highest BCUT2D eigenvalue weighted by Gasteiger charge is 2.18. The molecule has 0 atom stereocenters. The molecule has 0 aliphatic carbocycles. The van der Waals surface area contributed by atoms with Gasteiger partial charge in [0.2, 0.25) is 0 Å². The third-order valence-electron chi connectivity index (χ3n) is 2.93. The van der Waals surface area contributed by atoms with E-state index < -0.39 is 28.9 Å². The lowest BCUT2D eigenvalue weighted by molar-refractivity contribution is -0.143. The van der Waals surface area contributed by atoms with Crippen molar-refractivity contribution in [3.63, 3.8) is 0 Å². The fourth-order valence-corrected chi connectivity index (χ4v) is 1.80. The third kappa shape index (κ3) is 5.38. The number of hydrogen-bond donors (Lipinski definition) is 1. The normalized spacial score (nSPS) is 10.4. The number of carbonyl (C=O) groups is 2. The van der Waals surface area contributed by atoms with Gasteiger partial charge in [-0.05, 0) is 31.9 Å². The first-order valence-electron chi connectivity index (χ1n) is 7.04. The largest absolute Gasteiger partial charge is 0.466 e. The molecule has 7 heteroatoms. The van der Waals surface area contributed by atoms with Gasteiger partial charge in [-0.3, -0.25) is 9.59 Å². The first-order chi connectivity index (χ1) is 10.5. The van der Waals surface area contributed by atoms with Crippen LogP contribution in [0.5, 0.6) is 0 Å². The molecule has 0 heterocycles. The zero-order valence-electron chi connectivity index (χ0n) is 12.3. The average Bonchev–Trinajstić information content (AvgIpc) is 2.48. The van der Waals surface area contributed by atoms with Crippen LogP contribution in [0.2, 0.25) is 0 Å². The van der Waals surface area contributed by atoms with Crippen LogP contribution >= 0.6 is 0 Å². The first kappa shape index (κ1) is 18.0. The molecule has 0 aromatic heterocycles. The Morgan fingerprint density at radius 2 is 1.82 bits per heavy atom. The van der Waals surface area contributed by atoms with Crippen molar-refractivity contribution in [3.05, 3.63) is 35.1 Å². The van der Waals surface area contributed by atoms with Crippen LogP contribution < -0.4 is 5.32 Å². The van der Waals surface area contributed by atoms with Crippen LogP contribution in [0.4, 0.5) is 13.2 Å². The predicted octanol–water partition coefficient (Wildman–Crippen LogP) is 2.96. The molecule has 1 amide bonds. The minimum atomic E-state index is -1.66. The van der Waals surface area contributed by atoms with Crippen LogP contribution in [-0.2, 0) is 9.53 Å². The van der Waals surface area contributed by atoms with Gasteiger partial charge in [0.15, 0.2) is 17.5 Å². The Kier molecular flexibility index (Phi) is 7.42. The molecule has 0 fully saturated rings. The molecule has 1 N–H and O–H groups in total. The third-order valence-corrected chi connectivity index (χ3v) is 2.93. The Balaban J connectivity index is 2.30. The molecule has 0 unspecified atom stereocenters. The molecule has 1 rings (SSSR count). The summed E-state index contributed by atoms with van der Waals surface area (Å²) in [6.07, 6.45) is 2.18. The van der Waals surface area contributed by atoms with Crippen LogP contribution in [0.3, 0.4) is 0 Å². The van der Waals surface area contributed by atoms with Gasteiger partial charge in [0.1, 0.15) is 0 Å². The first-order valence-corrected chi connectivity index (χ1v) is 7.04. The van der Waals surface area contributed by atoms with Crippen molar-refractivity contribution in [3.8, 4) is 0 Å². The molecule has 0 aliphatic rings. The number of amides is 1. The van der Waals surface area contributed by atoms with Gasteiger partial charge >= 0.3 is 5.97 Å². The van der Waals surface area contributed by atoms with E-state index in [-0.39, 0.29) is 12.5 Å². The SMILES string of the molecule is CCOC(=O)CCCCCNC(=O)c1ccc(F)c(F)c1F. The summed E-state index contributed by atoms with van der Waals surface area (Å²) in [4.78, 5) is 22.7. The van der Waals surface area contributed by atoms with Crippen molar-refractivity contribution in [2.24, 2.45) is 0 Å². The van der Waals surface area contributed by atoms with Crippen molar-refractivity contribution in [1.82, 2.24) is 5.32 Å². The average molecular weight is 317 g/mol. The summed E-state index contributed by atoms with van der Waals surface area (Å²) in [5.74, 6) is -5.58. The lowest BCUT2D eigenvalue weighted by atomic mass is 10.1. The number of carbonyl (C=O) groups excluding carboxylic acids is 2. The Morgan fingerprint density at radius 3 is 2.50 bits per heavy atom. The highest BCUT2D eigenvalue weighted by molar-refractivity contribution is 5.94. The Morgan fingerprint density at radius 1 is 1.09 bits per heavy atom. The van der Waals surface area contributed by atoms with Gasteiger partial charge in [0.25, 0.3) is 5.91 Å². The maximum Gasteiger partial charge on any atom is 0.305 e. The Hall–Kier alpha value is -2.05. The van der Waals surface area contributed by atoms with Gasteiger partial charge in [-0.2, -0.15) is 0 Å². The summed E-state index contributed by atoms with van der Waals surface area (Å²) >= 11 is 0. The van der Waals surface area contributed by atoms with Crippen molar-refractivity contribution in [1.29, 1.82) is 0 Å². The second kappa shape index (κ2) is 9.07. The van der Waals surface area contributed by atoms with Crippen molar-refractivity contribution in [2.45, 2.75) is 32.6 Å². The minimum absolute atomic E-state index is 0.250. The molecule has 0 saturated carbocycles. The van der Waals surface area contributed by atoms with Crippen molar-refractivity contribution < 1.29 is 27.5 Å². The fourth-order valence-electron chi connectivity index (χ4n) is 1.80. The van der Waals surface area contributed by atoms with Crippen molar-refractivity contribution in [2.75, 3.05) is 13.2 Å². The number of halogens is 3. The van der Waals surface area contributed by atoms with Gasteiger partial charge in [-0.1, -0.05) is 6.42 Å². The predicted molar refractivity (Wildman–Crippen MR) is 73.8 cm³/mol. The zero-order chi connectivity index (χ0) is 16.5. The molecule has 1 aromatic carbocycles. The molecule has 0 spiro atoms. The second-order valence-corrected chi connectivity index (χ2v) is 4.59. The molecule has 122 valence electrons. The summed E-state index contributed by atoms with van der Waals surface area (Å²) in [6, 6.07) is 1.59. The lowest BCUT2D eigenvalue weighted by Crippen LogP contribution is -2.26. The quantitative estimate of drug-likeness (QED) is 0.456. The monoisotopic (exact) mass is 317 g/mol. The van der Waals surface area contributed by atoms with Crippen LogP contribution in [0.15, 0.2) is 12.1 Å². The van der Waals surface area contributed by atoms with E-state index in [1.165, 1.54) is 0 Å². The second-order valence-electron chi connectivity index (χ2n) is 4.59. The van der Waals surface area contributed by atoms with E-state index in [0.717, 1.165) is 6.07 Å². The molecular weight excluding hydrogens is 299 g/mol. The van der Waals surface area contributed by atoms with E-state index in [0.29, 0.717) is 38.4 Å². The molecule has 0 radical (unpaired) electrons. The van der Waals surface area contributed by atoms with Crippen LogP contribution in [-0.4, -0.2) is 25.0 Å². The van der Waals surface area contributed by atoms with E-state index in [1.807, 2.05) is 0 Å². The van der Waals surface area contributed by atoms with E-state index in [4.69, 9.17) is 4.74 Å². The summed E-state index contributed by atoms with van der Waals surface area (Å²) in [5.41, 5.74) is -0.537. The Bertz CT molecular complexity index is 535. The minimum Gasteiger partial charge on any atom is -0.466 e. The van der Waals surface area contributed by atoms with Crippen molar-refractivity contribution >= 4 is 11.9 Å². The zero-order valence-corrected chi connectivity index (χ0v) is 12.3. The molecular formula is C15H18F3NO3. The molecule has 0 saturated heterocycles. The Labute approximate surface area is 126 Å². The highest BCUT2D eigenvalue weighted by Crippen LogP contribution is 2.15. The van der Waals surface area contributed by atoms with Gasteiger partial charge in [-0.15, -0.1) is 0 Å². The van der Waals surface area contributed by atoms with Crippen LogP contribution in [0, 0.1) is 17.5 Å². The fraction of sp³-hybridized carbons (Fsp3) is 0.467. The molecule has 0 aliphatic heterocycles. The van der Waals surface area contributed by atoms with Crippen LogP contribution in [0.25, 0.3) is 0 Å². The van der Waals surface area contributed by atoms with E-state index in [1.54, 1.807) is 6.92 Å². The number of hydrogen-bond acceptors (Lipinski definition) is 3. The van der Waals surface area contributed by atoms with E-state index in [9.17, 15) is 22.8 Å². The summed E-state index contributed by atoms with van der Waals surface area (Å²) in [7, 11) is 0. The van der Waals surface area contributed by atoms with Crippen LogP contribution in [0.1, 0.15) is 43.0 Å². The maximum atomic E-state index is 13.4. The van der Waals surface area contributed by atoms with Gasteiger partial charge in [-0.25, -0.2) is 13.2 Å². The molecule has 22 heavy (non-hydrogen) atoms. The summed E-state index contributed by atoms with van der Waals surface area (Å²) in [6.45, 7) is 2.32. The number of rotatable bonds is 8. The number of esters is 1. The lowest BCUT2D eigenvalue weighted by Gasteiger charge is -2.07. The van der Waals surface area contributed by atoms with E-state index >= 15 is 0 Å². The maximum absolute atomic E-state index is 13.4. The van der Waals surface area contributed by atoms with Gasteiger partial charge in [0.05, 0.1) is 12.2 Å². The smallest absolute Gasteiger partial charge is 0.305 e. The van der Waals surface area contributed by atoms with Gasteiger partial charge < -0.3 is 10.1 Å². The highest BCUT2D eigenvalue weighted by atomic mass is 19.2. The number of nitrogens with one attached hydrogen (secondary N) is 1. The molecule has 0 bridgehead atoms. The number of benzene rings is 1. The topological polar surface area (TPSA) is 55.4 Å². The molecule has 4 nitrogen and oxygen atoms in total. The standard InChI is InChI=1S/C15H18F3NO3/c1-2-22-12(20)6-4-3-5-9-19-15(21)10-7-8-11(16)14(18)13(10)17/h7-8H,2-6,9H2,1H3,(H,19,21). The summed E-state index contributed by atoms with van der Waals surface area (Å²) in [5, 5.41) is 2.42.